The Kier molecular flexibility index (Phi) is 6.55. The zero-order chi connectivity index (χ0) is 21.8. The zero-order valence-electron chi connectivity index (χ0n) is 16.4. The first-order valence-electron chi connectivity index (χ1n) is 9.31. The van der Waals surface area contributed by atoms with E-state index in [9.17, 15) is 4.79 Å². The van der Waals surface area contributed by atoms with Crippen molar-refractivity contribution in [3.05, 3.63) is 65.2 Å². The standard InChI is InChI=1S/C20H17Cl2N7OS/c1-2-28-19(13-3-5-14(21)6-4-13)26-27-20(28)31-10-18(30)25-16-9-15(22)7-8-17(16)29-12-23-11-24-29/h3-9,11-12H,2,10H2,1H3,(H,25,30). The molecule has 4 aromatic rings. The molecule has 158 valence electrons. The third-order valence-electron chi connectivity index (χ3n) is 4.37. The van der Waals surface area contributed by atoms with E-state index in [4.69, 9.17) is 23.2 Å². The molecule has 8 nitrogen and oxygen atoms in total. The van der Waals surface area contributed by atoms with Crippen LogP contribution < -0.4 is 5.32 Å². The smallest absolute Gasteiger partial charge is 0.234 e. The molecule has 2 aromatic carbocycles. The summed E-state index contributed by atoms with van der Waals surface area (Å²) in [5.74, 6) is 0.680. The van der Waals surface area contributed by atoms with Crippen LogP contribution in [-0.4, -0.2) is 41.2 Å². The van der Waals surface area contributed by atoms with Gasteiger partial charge in [0.2, 0.25) is 5.91 Å². The molecular weight excluding hydrogens is 457 g/mol. The number of hydrogen-bond donors (Lipinski definition) is 1. The Morgan fingerprint density at radius 2 is 1.87 bits per heavy atom. The van der Waals surface area contributed by atoms with Gasteiger partial charge in [-0.25, -0.2) is 9.67 Å². The highest BCUT2D eigenvalue weighted by Crippen LogP contribution is 2.27. The SMILES string of the molecule is CCn1c(SCC(=O)Nc2cc(Cl)ccc2-n2cncn2)nnc1-c1ccc(Cl)cc1. The van der Waals surface area contributed by atoms with Crippen LogP contribution in [0, 0.1) is 0 Å². The third kappa shape index (κ3) is 4.90. The summed E-state index contributed by atoms with van der Waals surface area (Å²) in [7, 11) is 0. The molecule has 2 aromatic heterocycles. The number of halogens is 2. The van der Waals surface area contributed by atoms with Gasteiger partial charge in [0, 0.05) is 22.2 Å². The van der Waals surface area contributed by atoms with Gasteiger partial charge in [0.25, 0.3) is 0 Å². The number of carbonyl (C=O) groups is 1. The van der Waals surface area contributed by atoms with Gasteiger partial charge in [-0.15, -0.1) is 10.2 Å². The van der Waals surface area contributed by atoms with Crippen LogP contribution in [0.2, 0.25) is 10.0 Å². The number of anilines is 1. The van der Waals surface area contributed by atoms with Crippen molar-refractivity contribution in [2.75, 3.05) is 11.1 Å². The minimum atomic E-state index is -0.202. The second-order valence-corrected chi connectivity index (χ2v) is 8.21. The number of aromatic nitrogens is 6. The molecule has 0 fully saturated rings. The first kappa shape index (κ1) is 21.4. The van der Waals surface area contributed by atoms with Crippen LogP contribution in [0.25, 0.3) is 17.1 Å². The summed E-state index contributed by atoms with van der Waals surface area (Å²) >= 11 is 13.4. The molecule has 0 saturated carbocycles. The van der Waals surface area contributed by atoms with E-state index in [0.29, 0.717) is 33.1 Å². The Morgan fingerprint density at radius 3 is 2.58 bits per heavy atom. The van der Waals surface area contributed by atoms with Gasteiger partial charge in [-0.1, -0.05) is 35.0 Å². The van der Waals surface area contributed by atoms with Crippen LogP contribution in [0.3, 0.4) is 0 Å². The molecule has 2 heterocycles. The Hall–Kier alpha value is -2.88. The Labute approximate surface area is 192 Å². The zero-order valence-corrected chi connectivity index (χ0v) is 18.7. The molecule has 0 aliphatic carbocycles. The highest BCUT2D eigenvalue weighted by atomic mass is 35.5. The highest BCUT2D eigenvalue weighted by molar-refractivity contribution is 7.99. The second kappa shape index (κ2) is 9.51. The van der Waals surface area contributed by atoms with Crippen molar-refractivity contribution in [2.45, 2.75) is 18.6 Å². The monoisotopic (exact) mass is 473 g/mol. The molecule has 31 heavy (non-hydrogen) atoms. The molecule has 4 rings (SSSR count). The van der Waals surface area contributed by atoms with E-state index in [0.717, 1.165) is 11.4 Å². The van der Waals surface area contributed by atoms with Crippen molar-refractivity contribution < 1.29 is 4.79 Å². The number of nitrogens with zero attached hydrogens (tertiary/aromatic N) is 6. The fraction of sp³-hybridized carbons (Fsp3) is 0.150. The van der Waals surface area contributed by atoms with Crippen LogP contribution in [-0.2, 0) is 11.3 Å². The summed E-state index contributed by atoms with van der Waals surface area (Å²) in [5.41, 5.74) is 2.12. The molecule has 0 spiro atoms. The number of carbonyl (C=O) groups excluding carboxylic acids is 1. The number of rotatable bonds is 7. The van der Waals surface area contributed by atoms with Gasteiger partial charge in [0.05, 0.1) is 17.1 Å². The molecular formula is C20H17Cl2N7OS. The predicted molar refractivity (Wildman–Crippen MR) is 122 cm³/mol. The first-order valence-corrected chi connectivity index (χ1v) is 11.1. The summed E-state index contributed by atoms with van der Waals surface area (Å²) in [6.07, 6.45) is 2.97. The van der Waals surface area contributed by atoms with E-state index >= 15 is 0 Å². The third-order valence-corrected chi connectivity index (χ3v) is 5.82. The maximum atomic E-state index is 12.6. The summed E-state index contributed by atoms with van der Waals surface area (Å²) < 4.78 is 3.52. The van der Waals surface area contributed by atoms with E-state index in [1.165, 1.54) is 18.1 Å². The lowest BCUT2D eigenvalue weighted by Gasteiger charge is -2.11. The van der Waals surface area contributed by atoms with Gasteiger partial charge < -0.3 is 9.88 Å². The van der Waals surface area contributed by atoms with Crippen molar-refractivity contribution in [1.29, 1.82) is 0 Å². The fourth-order valence-corrected chi connectivity index (χ4v) is 4.05. The molecule has 0 bridgehead atoms. The number of thioether (sulfide) groups is 1. The van der Waals surface area contributed by atoms with Crippen LogP contribution in [0.5, 0.6) is 0 Å². The average Bonchev–Trinajstić information content (AvgIpc) is 3.43. The topological polar surface area (TPSA) is 90.5 Å². The molecule has 0 aliphatic rings. The molecule has 0 saturated heterocycles. The van der Waals surface area contributed by atoms with Gasteiger partial charge in [-0.2, -0.15) is 5.10 Å². The maximum absolute atomic E-state index is 12.6. The minimum absolute atomic E-state index is 0.155. The quantitative estimate of drug-likeness (QED) is 0.395. The molecule has 0 aliphatic heterocycles. The lowest BCUT2D eigenvalue weighted by Crippen LogP contribution is -2.16. The summed E-state index contributed by atoms with van der Waals surface area (Å²) in [6.45, 7) is 2.67. The molecule has 0 radical (unpaired) electrons. The van der Waals surface area contributed by atoms with Crippen molar-refractivity contribution in [2.24, 2.45) is 0 Å². The number of hydrogen-bond acceptors (Lipinski definition) is 6. The average molecular weight is 474 g/mol. The number of nitrogens with one attached hydrogen (secondary N) is 1. The summed E-state index contributed by atoms with van der Waals surface area (Å²) in [4.78, 5) is 16.6. The van der Waals surface area contributed by atoms with Crippen LogP contribution in [0.1, 0.15) is 6.92 Å². The minimum Gasteiger partial charge on any atom is -0.323 e. The van der Waals surface area contributed by atoms with Crippen molar-refractivity contribution in [1.82, 2.24) is 29.5 Å². The molecule has 1 N–H and O–H groups in total. The normalized spacial score (nSPS) is 10.9. The number of amides is 1. The van der Waals surface area contributed by atoms with Crippen LogP contribution in [0.15, 0.2) is 60.3 Å². The van der Waals surface area contributed by atoms with Crippen molar-refractivity contribution in [3.8, 4) is 17.1 Å². The van der Waals surface area contributed by atoms with Crippen LogP contribution >= 0.6 is 35.0 Å². The summed E-state index contributed by atoms with van der Waals surface area (Å²) in [6, 6.07) is 12.6. The first-order chi connectivity index (χ1) is 15.0. The lowest BCUT2D eigenvalue weighted by molar-refractivity contribution is -0.113. The lowest BCUT2D eigenvalue weighted by atomic mass is 10.2. The van der Waals surface area contributed by atoms with Gasteiger partial charge in [-0.3, -0.25) is 4.79 Å². The van der Waals surface area contributed by atoms with Gasteiger partial charge in [-0.05, 0) is 49.4 Å². The molecule has 1 amide bonds. The predicted octanol–water partition coefficient (Wildman–Crippen LogP) is 4.58. The van der Waals surface area contributed by atoms with Crippen LogP contribution in [0.4, 0.5) is 5.69 Å². The Bertz CT molecular complexity index is 1190. The number of benzene rings is 2. The van der Waals surface area contributed by atoms with Gasteiger partial charge in [0.15, 0.2) is 11.0 Å². The highest BCUT2D eigenvalue weighted by Gasteiger charge is 2.16. The van der Waals surface area contributed by atoms with E-state index in [1.54, 1.807) is 29.2 Å². The summed E-state index contributed by atoms with van der Waals surface area (Å²) in [5, 5.41) is 17.4. The fourth-order valence-electron chi connectivity index (χ4n) is 2.95. The van der Waals surface area contributed by atoms with Gasteiger partial charge in [0.1, 0.15) is 12.7 Å². The Morgan fingerprint density at radius 1 is 1.10 bits per heavy atom. The Balaban J connectivity index is 1.48. The van der Waals surface area contributed by atoms with Gasteiger partial charge >= 0.3 is 0 Å². The molecule has 0 unspecified atom stereocenters. The second-order valence-electron chi connectivity index (χ2n) is 6.40. The molecule has 11 heteroatoms. The van der Waals surface area contributed by atoms with Crippen molar-refractivity contribution >= 4 is 46.6 Å². The van der Waals surface area contributed by atoms with E-state index < -0.39 is 0 Å². The van der Waals surface area contributed by atoms with E-state index in [2.05, 4.69) is 25.6 Å². The molecule has 0 atom stereocenters. The van der Waals surface area contributed by atoms with Crippen molar-refractivity contribution in [3.63, 3.8) is 0 Å². The van der Waals surface area contributed by atoms with E-state index in [-0.39, 0.29) is 11.7 Å². The van der Waals surface area contributed by atoms with E-state index in [1.807, 2.05) is 35.8 Å². The largest absolute Gasteiger partial charge is 0.323 e. The maximum Gasteiger partial charge on any atom is 0.234 e.